The number of aryl methyl sites for hydroxylation is 1. The van der Waals surface area contributed by atoms with E-state index in [4.69, 9.17) is 11.6 Å². The Labute approximate surface area is 122 Å². The molecule has 6 heteroatoms. The highest BCUT2D eigenvalue weighted by Crippen LogP contribution is 2.14. The summed E-state index contributed by atoms with van der Waals surface area (Å²) in [5.41, 5.74) is 1.65. The van der Waals surface area contributed by atoms with E-state index < -0.39 is 10.1 Å². The smallest absolute Gasteiger partial charge is 0.263 e. The molecule has 4 nitrogen and oxygen atoms in total. The van der Waals surface area contributed by atoms with E-state index in [9.17, 15) is 8.42 Å². The Morgan fingerprint density at radius 1 is 1.05 bits per heavy atom. The number of hydrogen-bond acceptors (Lipinski definition) is 4. The molecule has 0 aliphatic carbocycles. The maximum atomic E-state index is 11.8. The van der Waals surface area contributed by atoms with Crippen molar-refractivity contribution in [1.82, 2.24) is 0 Å². The third kappa shape index (κ3) is 3.59. The van der Waals surface area contributed by atoms with Crippen molar-refractivity contribution in [2.45, 2.75) is 11.8 Å². The minimum atomic E-state index is -3.94. The predicted molar refractivity (Wildman–Crippen MR) is 78.3 cm³/mol. The topological polar surface area (TPSA) is 55.7 Å². The lowest BCUT2D eigenvalue weighted by Gasteiger charge is -2.02. The van der Waals surface area contributed by atoms with Crippen LogP contribution in [0.3, 0.4) is 0 Å². The standard InChI is InChI=1S/C14H12ClNO3S/c1-11-7-9-12(10-8-11)14(15)16-19-20(17,18)13-5-3-2-4-6-13/h2-10H,1H3/b16-14-. The largest absolute Gasteiger partial charge is 0.358 e. The van der Waals surface area contributed by atoms with E-state index in [0.29, 0.717) is 5.56 Å². The monoisotopic (exact) mass is 309 g/mol. The molecule has 2 rings (SSSR count). The van der Waals surface area contributed by atoms with Gasteiger partial charge in [0.15, 0.2) is 5.17 Å². The van der Waals surface area contributed by atoms with Gasteiger partial charge in [0.25, 0.3) is 0 Å². The van der Waals surface area contributed by atoms with Crippen LogP contribution in [-0.4, -0.2) is 13.6 Å². The van der Waals surface area contributed by atoms with Gasteiger partial charge in [0.1, 0.15) is 4.90 Å². The van der Waals surface area contributed by atoms with E-state index in [2.05, 4.69) is 9.44 Å². The second-order valence-corrected chi connectivity index (χ2v) is 5.98. The molecule has 0 radical (unpaired) electrons. The SMILES string of the molecule is Cc1ccc(/C(Cl)=N/OS(=O)(=O)c2ccccc2)cc1. The van der Waals surface area contributed by atoms with Crippen LogP contribution in [-0.2, 0) is 14.4 Å². The summed E-state index contributed by atoms with van der Waals surface area (Å²) in [7, 11) is -3.94. The maximum Gasteiger partial charge on any atom is 0.358 e. The van der Waals surface area contributed by atoms with Crippen molar-refractivity contribution in [2.75, 3.05) is 0 Å². The van der Waals surface area contributed by atoms with Gasteiger partial charge in [-0.1, -0.05) is 64.8 Å². The van der Waals surface area contributed by atoms with E-state index in [1.165, 1.54) is 12.1 Å². The van der Waals surface area contributed by atoms with E-state index in [-0.39, 0.29) is 10.1 Å². The highest BCUT2D eigenvalue weighted by atomic mass is 35.5. The molecule has 0 aliphatic rings. The lowest BCUT2D eigenvalue weighted by atomic mass is 10.2. The van der Waals surface area contributed by atoms with Crippen molar-refractivity contribution in [2.24, 2.45) is 5.16 Å². The molecule has 0 heterocycles. The molecule has 0 amide bonds. The van der Waals surface area contributed by atoms with Gasteiger partial charge >= 0.3 is 10.1 Å². The molecule has 0 unspecified atom stereocenters. The Hall–Kier alpha value is -1.85. The Morgan fingerprint density at radius 3 is 2.25 bits per heavy atom. The Morgan fingerprint density at radius 2 is 1.65 bits per heavy atom. The van der Waals surface area contributed by atoms with E-state index in [1.807, 2.05) is 19.1 Å². The minimum Gasteiger partial charge on any atom is -0.263 e. The van der Waals surface area contributed by atoms with Crippen molar-refractivity contribution in [3.63, 3.8) is 0 Å². The summed E-state index contributed by atoms with van der Waals surface area (Å²) in [5, 5.41) is 3.44. The lowest BCUT2D eigenvalue weighted by Crippen LogP contribution is -2.04. The second-order valence-electron chi connectivity index (χ2n) is 4.09. The molecular formula is C14H12ClNO3S. The van der Waals surface area contributed by atoms with E-state index >= 15 is 0 Å². The lowest BCUT2D eigenvalue weighted by molar-refractivity contribution is 0.340. The highest BCUT2D eigenvalue weighted by Gasteiger charge is 2.15. The van der Waals surface area contributed by atoms with Crippen molar-refractivity contribution >= 4 is 26.9 Å². The van der Waals surface area contributed by atoms with Gasteiger partial charge in [0, 0.05) is 5.56 Å². The summed E-state index contributed by atoms with van der Waals surface area (Å²) in [6.07, 6.45) is 0. The number of hydrogen-bond donors (Lipinski definition) is 0. The molecular weight excluding hydrogens is 298 g/mol. The average Bonchev–Trinajstić information content (AvgIpc) is 2.46. The first-order valence-electron chi connectivity index (χ1n) is 5.78. The Balaban J connectivity index is 2.18. The zero-order valence-electron chi connectivity index (χ0n) is 10.7. The third-order valence-electron chi connectivity index (χ3n) is 2.54. The molecule has 2 aromatic rings. The summed E-state index contributed by atoms with van der Waals surface area (Å²) in [6, 6.07) is 14.9. The van der Waals surface area contributed by atoms with Crippen LogP contribution in [0, 0.1) is 6.92 Å². The fraction of sp³-hybridized carbons (Fsp3) is 0.0714. The maximum absolute atomic E-state index is 11.8. The van der Waals surface area contributed by atoms with Gasteiger partial charge in [-0.25, -0.2) is 0 Å². The molecule has 0 saturated heterocycles. The molecule has 104 valence electrons. The van der Waals surface area contributed by atoms with Gasteiger partial charge in [-0.2, -0.15) is 8.42 Å². The first kappa shape index (κ1) is 14.6. The number of oxime groups is 1. The molecule has 0 spiro atoms. The van der Waals surface area contributed by atoms with Gasteiger partial charge in [-0.05, 0) is 19.1 Å². The van der Waals surface area contributed by atoms with Crippen LogP contribution in [0.1, 0.15) is 11.1 Å². The van der Waals surface area contributed by atoms with Gasteiger partial charge in [-0.3, -0.25) is 4.28 Å². The van der Waals surface area contributed by atoms with Crippen molar-refractivity contribution in [1.29, 1.82) is 0 Å². The Bertz CT molecular complexity index is 710. The van der Waals surface area contributed by atoms with Crippen LogP contribution in [0.15, 0.2) is 64.6 Å². The molecule has 20 heavy (non-hydrogen) atoms. The van der Waals surface area contributed by atoms with Crippen molar-refractivity contribution in [3.8, 4) is 0 Å². The molecule has 2 aromatic carbocycles. The molecule has 0 aromatic heterocycles. The van der Waals surface area contributed by atoms with Gasteiger partial charge < -0.3 is 0 Å². The summed E-state index contributed by atoms with van der Waals surface area (Å²) >= 11 is 5.91. The van der Waals surface area contributed by atoms with Crippen LogP contribution < -0.4 is 0 Å². The summed E-state index contributed by atoms with van der Waals surface area (Å²) < 4.78 is 28.3. The van der Waals surface area contributed by atoms with Crippen LogP contribution in [0.2, 0.25) is 0 Å². The summed E-state index contributed by atoms with van der Waals surface area (Å²) in [4.78, 5) is 0.0251. The first-order chi connectivity index (χ1) is 9.49. The molecule has 0 aliphatic heterocycles. The van der Waals surface area contributed by atoms with Gasteiger partial charge in [-0.15, -0.1) is 0 Å². The molecule has 0 bridgehead atoms. The fourth-order valence-electron chi connectivity index (χ4n) is 1.46. The van der Waals surface area contributed by atoms with Crippen molar-refractivity contribution < 1.29 is 12.7 Å². The minimum absolute atomic E-state index is 0.0236. The third-order valence-corrected chi connectivity index (χ3v) is 3.94. The zero-order chi connectivity index (χ0) is 14.6. The highest BCUT2D eigenvalue weighted by molar-refractivity contribution is 7.86. The number of nitrogens with zero attached hydrogens (tertiary/aromatic N) is 1. The molecule has 0 saturated carbocycles. The summed E-state index contributed by atoms with van der Waals surface area (Å²) in [5.74, 6) is 0. The molecule has 0 N–H and O–H groups in total. The first-order valence-corrected chi connectivity index (χ1v) is 7.57. The van der Waals surface area contributed by atoms with E-state index in [1.54, 1.807) is 30.3 Å². The molecule has 0 fully saturated rings. The molecule has 0 atom stereocenters. The fourth-order valence-corrected chi connectivity index (χ4v) is 2.41. The average molecular weight is 310 g/mol. The zero-order valence-corrected chi connectivity index (χ0v) is 12.2. The van der Waals surface area contributed by atoms with Crippen LogP contribution in [0.5, 0.6) is 0 Å². The normalized spacial score (nSPS) is 12.2. The van der Waals surface area contributed by atoms with Gasteiger partial charge in [0.2, 0.25) is 0 Å². The van der Waals surface area contributed by atoms with Crippen LogP contribution in [0.4, 0.5) is 0 Å². The van der Waals surface area contributed by atoms with Crippen LogP contribution in [0.25, 0.3) is 0 Å². The van der Waals surface area contributed by atoms with Crippen LogP contribution >= 0.6 is 11.6 Å². The number of halogens is 1. The second kappa shape index (κ2) is 6.07. The Kier molecular flexibility index (Phi) is 4.42. The van der Waals surface area contributed by atoms with Crippen molar-refractivity contribution in [3.05, 3.63) is 65.7 Å². The van der Waals surface area contributed by atoms with E-state index in [0.717, 1.165) is 5.56 Å². The quantitative estimate of drug-likeness (QED) is 0.643. The number of rotatable bonds is 4. The number of benzene rings is 2. The predicted octanol–water partition coefficient (Wildman–Crippen LogP) is 3.30. The van der Waals surface area contributed by atoms with Gasteiger partial charge in [0.05, 0.1) is 0 Å². The summed E-state index contributed by atoms with van der Waals surface area (Å²) in [6.45, 7) is 1.94.